The van der Waals surface area contributed by atoms with Gasteiger partial charge in [-0.3, -0.25) is 9.82 Å². The van der Waals surface area contributed by atoms with Crippen molar-refractivity contribution < 1.29 is 19.5 Å². The number of hydrogen-bond donors (Lipinski definition) is 6. The second-order valence-corrected chi connectivity index (χ2v) is 7.78. The highest BCUT2D eigenvalue weighted by molar-refractivity contribution is 6.39. The summed E-state index contributed by atoms with van der Waals surface area (Å²) in [6.07, 6.45) is 1.14. The van der Waals surface area contributed by atoms with Gasteiger partial charge in [-0.15, -0.1) is 0 Å². The van der Waals surface area contributed by atoms with E-state index < -0.39 is 7.25 Å². The Balaban J connectivity index is 0.000000314. The first-order chi connectivity index (χ1) is 14.1. The van der Waals surface area contributed by atoms with Crippen LogP contribution < -0.4 is 28.1 Å². The van der Waals surface area contributed by atoms with E-state index in [1.54, 1.807) is 18.2 Å². The van der Waals surface area contributed by atoms with Gasteiger partial charge < -0.3 is 36.7 Å². The fourth-order valence-corrected chi connectivity index (χ4v) is 3.34. The number of nitrogen functional groups attached to an aromatic ring is 2. The number of benzene rings is 1. The first-order valence-corrected chi connectivity index (χ1v) is 10.3. The van der Waals surface area contributed by atoms with Crippen LogP contribution in [0.25, 0.3) is 0 Å². The monoisotopic (exact) mass is 426 g/mol. The molecule has 30 heavy (non-hydrogen) atoms. The quantitative estimate of drug-likeness (QED) is 0.138. The molecule has 2 atom stereocenters. The average Bonchev–Trinajstić information content (AvgIpc) is 3.17. The number of aliphatic hydroxyl groups excluding tert-OH is 1. The SMILES string of the molecule is CC(C)N(B(O)OCCN)C(C)C.Nc1cccc(N(N)C2CCC(CO)O2)c1N. The van der Waals surface area contributed by atoms with Gasteiger partial charge in [-0.2, -0.15) is 0 Å². The minimum Gasteiger partial charge on any atom is -0.413 e. The summed E-state index contributed by atoms with van der Waals surface area (Å²) < 4.78 is 10.7. The van der Waals surface area contributed by atoms with Crippen LogP contribution in [-0.4, -0.2) is 66.4 Å². The molecule has 11 heteroatoms. The highest BCUT2D eigenvalue weighted by Crippen LogP contribution is 2.31. The summed E-state index contributed by atoms with van der Waals surface area (Å²) in [5, 5.41) is 20.1. The number of nitrogens with zero attached hydrogens (tertiary/aromatic N) is 2. The standard InChI is InChI=1S/C11H18N4O2.C8H21BN2O2/c12-8-2-1-3-9(11(8)13)15(14)10-5-4-7(6-16)17-10;1-7(2)11(8(3)4)9(12)13-6-5-10/h1-3,7,10,16H,4-6,12-14H2;7-8,12H,5-6,10H2,1-4H3. The molecule has 1 aromatic carbocycles. The van der Waals surface area contributed by atoms with Gasteiger partial charge in [0.1, 0.15) is 6.23 Å². The van der Waals surface area contributed by atoms with Gasteiger partial charge in [-0.25, -0.2) is 5.84 Å². The molecular weight excluding hydrogens is 387 g/mol. The molecule has 0 saturated carbocycles. The van der Waals surface area contributed by atoms with E-state index in [4.69, 9.17) is 37.5 Å². The number of hydrogen-bond acceptors (Lipinski definition) is 10. The molecule has 0 radical (unpaired) electrons. The maximum atomic E-state index is 9.63. The summed E-state index contributed by atoms with van der Waals surface area (Å²) >= 11 is 0. The third-order valence-electron chi connectivity index (χ3n) is 4.83. The Labute approximate surface area is 180 Å². The summed E-state index contributed by atoms with van der Waals surface area (Å²) in [6, 6.07) is 5.82. The lowest BCUT2D eigenvalue weighted by Crippen LogP contribution is -2.50. The van der Waals surface area contributed by atoms with Crippen molar-refractivity contribution in [3.8, 4) is 0 Å². The van der Waals surface area contributed by atoms with E-state index in [0.29, 0.717) is 30.2 Å². The molecule has 0 aromatic heterocycles. The molecule has 2 unspecified atom stereocenters. The normalized spacial score (nSPS) is 18.6. The molecule has 1 fully saturated rings. The molecule has 1 heterocycles. The number of para-hydroxylation sites is 1. The van der Waals surface area contributed by atoms with Crippen molar-refractivity contribution >= 4 is 24.3 Å². The second-order valence-electron chi connectivity index (χ2n) is 7.78. The maximum absolute atomic E-state index is 9.63. The van der Waals surface area contributed by atoms with E-state index in [1.807, 2.05) is 32.5 Å². The van der Waals surface area contributed by atoms with Gasteiger partial charge in [0.05, 0.1) is 29.8 Å². The number of rotatable bonds is 9. The van der Waals surface area contributed by atoms with Gasteiger partial charge in [-0.1, -0.05) is 33.8 Å². The van der Waals surface area contributed by atoms with Gasteiger partial charge in [0.2, 0.25) is 0 Å². The minimum absolute atomic E-state index is 0.0107. The largest absolute Gasteiger partial charge is 0.555 e. The van der Waals surface area contributed by atoms with Crippen molar-refractivity contribution in [1.29, 1.82) is 0 Å². The molecule has 1 aliphatic heterocycles. The zero-order valence-corrected chi connectivity index (χ0v) is 18.6. The van der Waals surface area contributed by atoms with Crippen LogP contribution in [0.5, 0.6) is 0 Å². The van der Waals surface area contributed by atoms with Crippen LogP contribution >= 0.6 is 0 Å². The Morgan fingerprint density at radius 1 is 1.20 bits per heavy atom. The van der Waals surface area contributed by atoms with Crippen LogP contribution in [0.15, 0.2) is 18.2 Å². The van der Waals surface area contributed by atoms with E-state index in [2.05, 4.69) is 0 Å². The fraction of sp³-hybridized carbons (Fsp3) is 0.684. The van der Waals surface area contributed by atoms with Crippen molar-refractivity contribution in [2.75, 3.05) is 36.2 Å². The molecular formula is C19H39BN6O4. The number of hydrazine groups is 1. The highest BCUT2D eigenvalue weighted by Gasteiger charge is 2.30. The zero-order chi connectivity index (χ0) is 22.8. The molecule has 0 aliphatic carbocycles. The molecule has 1 aromatic rings. The summed E-state index contributed by atoms with van der Waals surface area (Å²) in [5.41, 5.74) is 18.5. The molecule has 0 spiro atoms. The smallest absolute Gasteiger partial charge is 0.413 e. The van der Waals surface area contributed by atoms with E-state index in [9.17, 15) is 5.02 Å². The van der Waals surface area contributed by atoms with E-state index in [0.717, 1.165) is 12.8 Å². The molecule has 1 saturated heterocycles. The maximum Gasteiger partial charge on any atom is 0.555 e. The van der Waals surface area contributed by atoms with Crippen molar-refractivity contribution in [1.82, 2.24) is 4.81 Å². The summed E-state index contributed by atoms with van der Waals surface area (Å²) in [4.78, 5) is 1.88. The van der Waals surface area contributed by atoms with Crippen molar-refractivity contribution in [3.63, 3.8) is 0 Å². The third kappa shape index (κ3) is 7.58. The van der Waals surface area contributed by atoms with Crippen LogP contribution in [0.2, 0.25) is 0 Å². The van der Waals surface area contributed by atoms with E-state index >= 15 is 0 Å². The Bertz CT molecular complexity index is 617. The summed E-state index contributed by atoms with van der Waals surface area (Å²) in [7, 11) is -0.844. The predicted molar refractivity (Wildman–Crippen MR) is 122 cm³/mol. The molecule has 1 aliphatic rings. The van der Waals surface area contributed by atoms with Crippen molar-refractivity contribution in [2.24, 2.45) is 11.6 Å². The lowest BCUT2D eigenvalue weighted by Gasteiger charge is -2.31. The molecule has 172 valence electrons. The van der Waals surface area contributed by atoms with E-state index in [1.165, 1.54) is 5.01 Å². The molecule has 10 N–H and O–H groups in total. The Morgan fingerprint density at radius 2 is 1.83 bits per heavy atom. The summed E-state index contributed by atoms with van der Waals surface area (Å²) in [5.74, 6) is 5.98. The first kappa shape index (κ1) is 26.4. The van der Waals surface area contributed by atoms with Gasteiger partial charge in [-0.05, 0) is 37.1 Å². The lowest BCUT2D eigenvalue weighted by atomic mass is 9.98. The minimum atomic E-state index is -0.844. The Hall–Kier alpha value is -1.60. The zero-order valence-electron chi connectivity index (χ0n) is 18.6. The topological polar surface area (TPSA) is 169 Å². The van der Waals surface area contributed by atoms with Gasteiger partial charge in [0.15, 0.2) is 0 Å². The molecule has 2 rings (SSSR count). The van der Waals surface area contributed by atoms with Crippen molar-refractivity contribution in [3.05, 3.63) is 18.2 Å². The second kappa shape index (κ2) is 13.0. The van der Waals surface area contributed by atoms with Crippen LogP contribution in [0.1, 0.15) is 40.5 Å². The van der Waals surface area contributed by atoms with Gasteiger partial charge >= 0.3 is 7.25 Å². The number of anilines is 3. The van der Waals surface area contributed by atoms with Crippen LogP contribution in [0, 0.1) is 0 Å². The van der Waals surface area contributed by atoms with Crippen LogP contribution in [0.3, 0.4) is 0 Å². The van der Waals surface area contributed by atoms with Crippen LogP contribution in [-0.2, 0) is 9.39 Å². The number of ether oxygens (including phenoxy) is 1. The van der Waals surface area contributed by atoms with Gasteiger partial charge in [0, 0.05) is 13.2 Å². The molecule has 0 amide bonds. The molecule has 0 bridgehead atoms. The Kier molecular flexibility index (Phi) is 11.4. The fourth-order valence-electron chi connectivity index (χ4n) is 3.34. The molecule has 10 nitrogen and oxygen atoms in total. The number of aliphatic hydroxyl groups is 1. The first-order valence-electron chi connectivity index (χ1n) is 10.3. The lowest BCUT2D eigenvalue weighted by molar-refractivity contribution is 0.0106. The Morgan fingerprint density at radius 3 is 2.33 bits per heavy atom. The van der Waals surface area contributed by atoms with Gasteiger partial charge in [0.25, 0.3) is 0 Å². The average molecular weight is 426 g/mol. The predicted octanol–water partition coefficient (Wildman–Crippen LogP) is 0.0862. The van der Waals surface area contributed by atoms with Crippen molar-refractivity contribution in [2.45, 2.75) is 65.0 Å². The number of nitrogens with two attached hydrogens (primary N) is 4. The van der Waals surface area contributed by atoms with Crippen LogP contribution in [0.4, 0.5) is 17.1 Å². The third-order valence-corrected chi connectivity index (χ3v) is 4.83. The highest BCUT2D eigenvalue weighted by atomic mass is 16.5. The summed E-state index contributed by atoms with van der Waals surface area (Å²) in [6.45, 7) is 8.92. The van der Waals surface area contributed by atoms with E-state index in [-0.39, 0.29) is 31.0 Å².